The van der Waals surface area contributed by atoms with E-state index in [4.69, 9.17) is 0 Å². The molecule has 2 rings (SSSR count). The molecule has 4 heteroatoms. The first-order valence-electron chi connectivity index (χ1n) is 5.51. The lowest BCUT2D eigenvalue weighted by Crippen LogP contribution is -2.33. The molecule has 0 aliphatic carbocycles. The molecule has 1 aliphatic rings. The van der Waals surface area contributed by atoms with Gasteiger partial charge in [0.05, 0.1) is 10.7 Å². The number of nitrogens with one attached hydrogen (secondary N) is 1. The number of rotatable bonds is 3. The SMILES string of the molecule is Cc1nc(CC(F)C2CCNCC2)cs1. The molecule has 0 spiro atoms. The van der Waals surface area contributed by atoms with Crippen molar-refractivity contribution in [3.63, 3.8) is 0 Å². The Balaban J connectivity index is 1.88. The second kappa shape index (κ2) is 5.03. The van der Waals surface area contributed by atoms with E-state index in [-0.39, 0.29) is 5.92 Å². The first-order chi connectivity index (χ1) is 7.25. The molecule has 1 N–H and O–H groups in total. The Bertz CT molecular complexity index is 307. The van der Waals surface area contributed by atoms with E-state index >= 15 is 0 Å². The molecule has 0 amide bonds. The van der Waals surface area contributed by atoms with Crippen LogP contribution >= 0.6 is 11.3 Å². The molecule has 1 saturated heterocycles. The van der Waals surface area contributed by atoms with Crippen LogP contribution in [0.3, 0.4) is 0 Å². The zero-order valence-electron chi connectivity index (χ0n) is 9.00. The van der Waals surface area contributed by atoms with Crippen molar-refractivity contribution in [2.24, 2.45) is 5.92 Å². The third kappa shape index (κ3) is 2.98. The van der Waals surface area contributed by atoms with Crippen LogP contribution in [0.5, 0.6) is 0 Å². The van der Waals surface area contributed by atoms with Gasteiger partial charge in [-0.15, -0.1) is 11.3 Å². The zero-order valence-corrected chi connectivity index (χ0v) is 9.82. The first-order valence-corrected chi connectivity index (χ1v) is 6.39. The summed E-state index contributed by atoms with van der Waals surface area (Å²) in [6.07, 6.45) is 1.71. The molecule has 1 fully saturated rings. The maximum absolute atomic E-state index is 13.9. The second-order valence-electron chi connectivity index (χ2n) is 4.17. The molecule has 1 aromatic rings. The van der Waals surface area contributed by atoms with Crippen LogP contribution in [0.2, 0.25) is 0 Å². The van der Waals surface area contributed by atoms with Crippen molar-refractivity contribution in [3.05, 3.63) is 16.1 Å². The fourth-order valence-electron chi connectivity index (χ4n) is 2.07. The van der Waals surface area contributed by atoms with E-state index in [1.165, 1.54) is 0 Å². The number of nitrogens with zero attached hydrogens (tertiary/aromatic N) is 1. The van der Waals surface area contributed by atoms with Crippen molar-refractivity contribution in [2.75, 3.05) is 13.1 Å². The average molecular weight is 228 g/mol. The van der Waals surface area contributed by atoms with Crippen molar-refractivity contribution in [1.29, 1.82) is 0 Å². The van der Waals surface area contributed by atoms with Crippen molar-refractivity contribution >= 4 is 11.3 Å². The summed E-state index contributed by atoms with van der Waals surface area (Å²) < 4.78 is 13.9. The normalized spacial score (nSPS) is 20.4. The lowest BCUT2D eigenvalue weighted by molar-refractivity contribution is 0.186. The van der Waals surface area contributed by atoms with E-state index in [0.717, 1.165) is 36.6 Å². The smallest absolute Gasteiger partial charge is 0.109 e. The Morgan fingerprint density at radius 1 is 1.60 bits per heavy atom. The Morgan fingerprint density at radius 3 is 2.93 bits per heavy atom. The van der Waals surface area contributed by atoms with Crippen LogP contribution in [0, 0.1) is 12.8 Å². The van der Waals surface area contributed by atoms with Gasteiger partial charge >= 0.3 is 0 Å². The Morgan fingerprint density at radius 2 is 2.33 bits per heavy atom. The largest absolute Gasteiger partial charge is 0.317 e. The molecule has 1 aliphatic heterocycles. The van der Waals surface area contributed by atoms with Gasteiger partial charge in [0.15, 0.2) is 0 Å². The van der Waals surface area contributed by atoms with Crippen LogP contribution < -0.4 is 5.32 Å². The summed E-state index contributed by atoms with van der Waals surface area (Å²) in [7, 11) is 0. The number of hydrogen-bond acceptors (Lipinski definition) is 3. The molecular weight excluding hydrogens is 211 g/mol. The molecule has 15 heavy (non-hydrogen) atoms. The van der Waals surface area contributed by atoms with Gasteiger partial charge in [0.25, 0.3) is 0 Å². The van der Waals surface area contributed by atoms with Gasteiger partial charge in [-0.05, 0) is 38.8 Å². The second-order valence-corrected chi connectivity index (χ2v) is 5.23. The molecule has 0 radical (unpaired) electrons. The first kappa shape index (κ1) is 11.0. The fourth-order valence-corrected chi connectivity index (χ4v) is 2.70. The minimum absolute atomic E-state index is 0.230. The maximum Gasteiger partial charge on any atom is 0.109 e. The molecule has 0 bridgehead atoms. The van der Waals surface area contributed by atoms with Gasteiger partial charge in [-0.3, -0.25) is 0 Å². The van der Waals surface area contributed by atoms with Crippen LogP contribution in [0.1, 0.15) is 23.5 Å². The molecule has 1 atom stereocenters. The highest BCUT2D eigenvalue weighted by atomic mass is 32.1. The van der Waals surface area contributed by atoms with Crippen LogP contribution in [-0.4, -0.2) is 24.2 Å². The molecule has 0 aromatic carbocycles. The minimum Gasteiger partial charge on any atom is -0.317 e. The van der Waals surface area contributed by atoms with Crippen molar-refractivity contribution in [3.8, 4) is 0 Å². The lowest BCUT2D eigenvalue weighted by Gasteiger charge is -2.25. The van der Waals surface area contributed by atoms with Crippen molar-refractivity contribution in [1.82, 2.24) is 10.3 Å². The van der Waals surface area contributed by atoms with E-state index in [1.54, 1.807) is 11.3 Å². The maximum atomic E-state index is 13.9. The van der Waals surface area contributed by atoms with Crippen molar-refractivity contribution in [2.45, 2.75) is 32.4 Å². The quantitative estimate of drug-likeness (QED) is 0.859. The summed E-state index contributed by atoms with van der Waals surface area (Å²) in [5.74, 6) is 0.230. The highest BCUT2D eigenvalue weighted by Crippen LogP contribution is 2.22. The van der Waals surface area contributed by atoms with E-state index < -0.39 is 6.17 Å². The minimum atomic E-state index is -0.714. The van der Waals surface area contributed by atoms with Crippen LogP contribution in [0.4, 0.5) is 4.39 Å². The predicted molar refractivity (Wildman–Crippen MR) is 61.0 cm³/mol. The third-order valence-corrected chi connectivity index (χ3v) is 3.79. The highest BCUT2D eigenvalue weighted by Gasteiger charge is 2.23. The summed E-state index contributed by atoms with van der Waals surface area (Å²) in [5.41, 5.74) is 0.920. The molecular formula is C11H17FN2S. The van der Waals surface area contributed by atoms with E-state index in [2.05, 4.69) is 10.3 Å². The molecule has 0 saturated carbocycles. The van der Waals surface area contributed by atoms with E-state index in [9.17, 15) is 4.39 Å². The fraction of sp³-hybridized carbons (Fsp3) is 0.727. The summed E-state index contributed by atoms with van der Waals surface area (Å²) >= 11 is 1.60. The predicted octanol–water partition coefficient (Wildman–Crippen LogP) is 2.33. The van der Waals surface area contributed by atoms with Gasteiger partial charge in [0.2, 0.25) is 0 Å². The Hall–Kier alpha value is -0.480. The van der Waals surface area contributed by atoms with Gasteiger partial charge in [-0.2, -0.15) is 0 Å². The van der Waals surface area contributed by atoms with Gasteiger partial charge in [-0.25, -0.2) is 9.37 Å². The monoisotopic (exact) mass is 228 g/mol. The van der Waals surface area contributed by atoms with Crippen LogP contribution in [0.25, 0.3) is 0 Å². The summed E-state index contributed by atoms with van der Waals surface area (Å²) in [6, 6.07) is 0. The summed E-state index contributed by atoms with van der Waals surface area (Å²) in [5, 5.41) is 6.26. The number of aromatic nitrogens is 1. The number of piperidine rings is 1. The number of alkyl halides is 1. The molecule has 84 valence electrons. The molecule has 1 unspecified atom stereocenters. The molecule has 1 aromatic heterocycles. The van der Waals surface area contributed by atoms with E-state index in [1.807, 2.05) is 12.3 Å². The van der Waals surface area contributed by atoms with Crippen LogP contribution in [-0.2, 0) is 6.42 Å². The summed E-state index contributed by atoms with van der Waals surface area (Å²) in [4.78, 5) is 4.31. The summed E-state index contributed by atoms with van der Waals surface area (Å²) in [6.45, 7) is 3.88. The van der Waals surface area contributed by atoms with E-state index in [0.29, 0.717) is 6.42 Å². The highest BCUT2D eigenvalue weighted by molar-refractivity contribution is 7.09. The van der Waals surface area contributed by atoms with Crippen LogP contribution in [0.15, 0.2) is 5.38 Å². The number of thiazole rings is 1. The van der Waals surface area contributed by atoms with Gasteiger partial charge in [0.1, 0.15) is 6.17 Å². The Labute approximate surface area is 93.9 Å². The van der Waals surface area contributed by atoms with Gasteiger partial charge < -0.3 is 5.32 Å². The molecule has 2 heterocycles. The molecule has 2 nitrogen and oxygen atoms in total. The zero-order chi connectivity index (χ0) is 10.7. The van der Waals surface area contributed by atoms with Gasteiger partial charge in [-0.1, -0.05) is 0 Å². The lowest BCUT2D eigenvalue weighted by atomic mass is 9.91. The standard InChI is InChI=1S/C11H17FN2S/c1-8-14-10(7-15-8)6-11(12)9-2-4-13-5-3-9/h7,9,11,13H,2-6H2,1H3. The number of hydrogen-bond donors (Lipinski definition) is 1. The number of halogens is 1. The van der Waals surface area contributed by atoms with Gasteiger partial charge in [0, 0.05) is 11.8 Å². The number of aryl methyl sites for hydroxylation is 1. The topological polar surface area (TPSA) is 24.9 Å². The average Bonchev–Trinajstić information content (AvgIpc) is 2.65. The van der Waals surface area contributed by atoms with Crippen molar-refractivity contribution < 1.29 is 4.39 Å². The Kier molecular flexibility index (Phi) is 3.70. The third-order valence-electron chi connectivity index (χ3n) is 2.97.